The smallest absolute Gasteiger partial charge is 0.0177 e. The highest BCUT2D eigenvalue weighted by Gasteiger charge is 1.94. The van der Waals surface area contributed by atoms with Crippen molar-refractivity contribution in [1.29, 1.82) is 0 Å². The topological polar surface area (TPSA) is 0 Å². The van der Waals surface area contributed by atoms with Gasteiger partial charge in [-0.2, -0.15) is 0 Å². The summed E-state index contributed by atoms with van der Waals surface area (Å²) >= 11 is 0. The van der Waals surface area contributed by atoms with Gasteiger partial charge < -0.3 is 0 Å². The van der Waals surface area contributed by atoms with E-state index in [0.717, 1.165) is 0 Å². The molecule has 1 aromatic rings. The van der Waals surface area contributed by atoms with Gasteiger partial charge in [-0.1, -0.05) is 34.2 Å². The monoisotopic (exact) mass is 152 g/mol. The van der Waals surface area contributed by atoms with Gasteiger partial charge >= 0.3 is 0 Å². The molecule has 0 saturated carbocycles. The van der Waals surface area contributed by atoms with Crippen LogP contribution in [0, 0.1) is 0 Å². The largest absolute Gasteiger partial charge is 0.0726 e. The Bertz CT molecular complexity index is 183. The molecule has 1 rings (SSSR count). The Hall–Kier alpha value is -0.350. The van der Waals surface area contributed by atoms with Gasteiger partial charge in [0.1, 0.15) is 0 Å². The van der Waals surface area contributed by atoms with E-state index in [1.165, 1.54) is 26.6 Å². The zero-order chi connectivity index (χ0) is 7.40. The minimum absolute atomic E-state index is 1.18. The molecule has 0 nitrogen and oxygen atoms in total. The van der Waals surface area contributed by atoms with Crippen LogP contribution in [0.25, 0.3) is 0 Å². The van der Waals surface area contributed by atoms with Gasteiger partial charge in [0.25, 0.3) is 0 Å². The maximum atomic E-state index is 2.23. The predicted octanol–water partition coefficient (Wildman–Crippen LogP) is 3.39. The minimum atomic E-state index is 1.18. The third-order valence-corrected chi connectivity index (χ3v) is 2.94. The SMILES string of the molecule is CCc1cccpc1CC. The van der Waals surface area contributed by atoms with E-state index >= 15 is 0 Å². The molecule has 0 amide bonds. The summed E-state index contributed by atoms with van der Waals surface area (Å²) < 4.78 is 0. The van der Waals surface area contributed by atoms with Gasteiger partial charge in [-0.15, -0.1) is 0 Å². The van der Waals surface area contributed by atoms with E-state index in [9.17, 15) is 0 Å². The Labute approximate surface area is 64.4 Å². The van der Waals surface area contributed by atoms with Gasteiger partial charge in [0, 0.05) is 0 Å². The van der Waals surface area contributed by atoms with E-state index in [-0.39, 0.29) is 0 Å². The van der Waals surface area contributed by atoms with Crippen LogP contribution in [0.4, 0.5) is 0 Å². The summed E-state index contributed by atoms with van der Waals surface area (Å²) in [4.78, 5) is 0. The lowest BCUT2D eigenvalue weighted by atomic mass is 10.2. The molecule has 0 atom stereocenters. The summed E-state index contributed by atoms with van der Waals surface area (Å²) in [5.41, 5.74) is 1.53. The van der Waals surface area contributed by atoms with Gasteiger partial charge in [-0.25, -0.2) is 0 Å². The zero-order valence-corrected chi connectivity index (χ0v) is 7.49. The molecule has 10 heavy (non-hydrogen) atoms. The molecule has 0 fully saturated rings. The lowest BCUT2D eigenvalue weighted by Crippen LogP contribution is -1.84. The quantitative estimate of drug-likeness (QED) is 0.609. The summed E-state index contributed by atoms with van der Waals surface area (Å²) in [5, 5.41) is 1.59. The first kappa shape index (κ1) is 7.75. The van der Waals surface area contributed by atoms with Crippen molar-refractivity contribution < 1.29 is 0 Å². The van der Waals surface area contributed by atoms with Crippen LogP contribution in [-0.4, -0.2) is 0 Å². The van der Waals surface area contributed by atoms with Gasteiger partial charge in [-0.3, -0.25) is 0 Å². The van der Waals surface area contributed by atoms with Crippen molar-refractivity contribution in [2.45, 2.75) is 26.7 Å². The molecule has 0 radical (unpaired) electrons. The van der Waals surface area contributed by atoms with Crippen molar-refractivity contribution in [3.8, 4) is 0 Å². The lowest BCUT2D eigenvalue weighted by molar-refractivity contribution is 1.07. The van der Waals surface area contributed by atoms with Crippen molar-refractivity contribution in [1.82, 2.24) is 0 Å². The molecule has 54 valence electrons. The Balaban J connectivity index is 2.96. The molecule has 1 heteroatoms. The lowest BCUT2D eigenvalue weighted by Gasteiger charge is -2.01. The van der Waals surface area contributed by atoms with Crippen LogP contribution in [0.2, 0.25) is 0 Å². The van der Waals surface area contributed by atoms with Gasteiger partial charge in [-0.05, 0) is 29.5 Å². The molecule has 0 aromatic carbocycles. The standard InChI is InChI=1S/C9H13P/c1-3-8-6-5-7-10-9(8)4-2/h5-7H,3-4H2,1-2H3. The van der Waals surface area contributed by atoms with E-state index in [1.54, 1.807) is 5.30 Å². The molecule has 0 aliphatic rings. The average Bonchev–Trinajstić information content (AvgIpc) is 2.04. The third kappa shape index (κ3) is 1.58. The van der Waals surface area contributed by atoms with E-state index < -0.39 is 0 Å². The highest BCUT2D eigenvalue weighted by Crippen LogP contribution is 2.19. The highest BCUT2D eigenvalue weighted by atomic mass is 31.0. The number of rotatable bonds is 2. The Morgan fingerprint density at radius 3 is 2.60 bits per heavy atom. The number of hydrogen-bond acceptors (Lipinski definition) is 0. The van der Waals surface area contributed by atoms with Crippen LogP contribution >= 0.6 is 8.19 Å². The van der Waals surface area contributed by atoms with Crippen molar-refractivity contribution in [3.05, 3.63) is 28.8 Å². The van der Waals surface area contributed by atoms with Crippen LogP contribution in [0.15, 0.2) is 17.9 Å². The van der Waals surface area contributed by atoms with Gasteiger partial charge in [0.05, 0.1) is 0 Å². The summed E-state index contributed by atoms with van der Waals surface area (Å²) in [6.45, 7) is 4.45. The molecule has 0 aliphatic heterocycles. The highest BCUT2D eigenvalue weighted by molar-refractivity contribution is 7.30. The summed E-state index contributed by atoms with van der Waals surface area (Å²) in [5.74, 6) is 2.21. The average molecular weight is 152 g/mol. The first-order valence-corrected chi connectivity index (χ1v) is 4.77. The molecule has 0 N–H and O–H groups in total. The van der Waals surface area contributed by atoms with E-state index in [1.807, 2.05) is 0 Å². The Morgan fingerprint density at radius 2 is 2.10 bits per heavy atom. The molecular formula is C9H13P. The van der Waals surface area contributed by atoms with Crippen molar-refractivity contribution in [2.75, 3.05) is 0 Å². The van der Waals surface area contributed by atoms with Crippen LogP contribution in [-0.2, 0) is 12.8 Å². The van der Waals surface area contributed by atoms with E-state index in [4.69, 9.17) is 0 Å². The van der Waals surface area contributed by atoms with Crippen LogP contribution < -0.4 is 0 Å². The molecule has 0 bridgehead atoms. The molecule has 0 spiro atoms. The second-order valence-electron chi connectivity index (χ2n) is 2.32. The molecule has 0 unspecified atom stereocenters. The number of aryl methyl sites for hydroxylation is 2. The fourth-order valence-electron chi connectivity index (χ4n) is 1.11. The minimum Gasteiger partial charge on any atom is -0.0726 e. The van der Waals surface area contributed by atoms with Crippen LogP contribution in [0.1, 0.15) is 24.7 Å². The fraction of sp³-hybridized carbons (Fsp3) is 0.444. The zero-order valence-electron chi connectivity index (χ0n) is 6.59. The first-order valence-electron chi connectivity index (χ1n) is 3.81. The van der Waals surface area contributed by atoms with E-state index in [0.29, 0.717) is 0 Å². The van der Waals surface area contributed by atoms with Crippen molar-refractivity contribution in [3.63, 3.8) is 0 Å². The molecular weight excluding hydrogens is 139 g/mol. The van der Waals surface area contributed by atoms with Gasteiger partial charge in [0.15, 0.2) is 0 Å². The molecule has 1 aromatic heterocycles. The molecule has 0 saturated heterocycles. The number of hydrogen-bond donors (Lipinski definition) is 0. The fourth-order valence-corrected chi connectivity index (χ4v) is 2.04. The molecule has 1 heterocycles. The molecule has 0 aliphatic carbocycles. The van der Waals surface area contributed by atoms with Crippen LogP contribution in [0.5, 0.6) is 0 Å². The first-order chi connectivity index (χ1) is 4.88. The summed E-state index contributed by atoms with van der Waals surface area (Å²) in [7, 11) is 1.41. The normalized spacial score (nSPS) is 10.6. The Morgan fingerprint density at radius 1 is 1.30 bits per heavy atom. The second kappa shape index (κ2) is 3.73. The van der Waals surface area contributed by atoms with Crippen molar-refractivity contribution >= 4 is 8.19 Å². The Kier molecular flexibility index (Phi) is 2.89. The maximum Gasteiger partial charge on any atom is -0.0177 e. The summed E-state index contributed by atoms with van der Waals surface area (Å²) in [6, 6.07) is 4.38. The van der Waals surface area contributed by atoms with E-state index in [2.05, 4.69) is 31.8 Å². The predicted molar refractivity (Wildman–Crippen MR) is 47.7 cm³/mol. The summed E-state index contributed by atoms with van der Waals surface area (Å²) in [6.07, 6.45) is 2.38. The van der Waals surface area contributed by atoms with Crippen LogP contribution in [0.3, 0.4) is 0 Å². The maximum absolute atomic E-state index is 2.23. The second-order valence-corrected chi connectivity index (χ2v) is 3.41. The van der Waals surface area contributed by atoms with Gasteiger partial charge in [0.2, 0.25) is 0 Å². The van der Waals surface area contributed by atoms with Crippen molar-refractivity contribution in [2.24, 2.45) is 0 Å². The third-order valence-electron chi connectivity index (χ3n) is 1.70.